The summed E-state index contributed by atoms with van der Waals surface area (Å²) < 4.78 is 22.7. The molecule has 0 aliphatic carbocycles. The normalized spacial score (nSPS) is 19.4. The van der Waals surface area contributed by atoms with Gasteiger partial charge in [-0.15, -0.1) is 0 Å². The second kappa shape index (κ2) is 10.0. The first-order valence-corrected chi connectivity index (χ1v) is 14.1. The molecule has 4 heterocycles. The van der Waals surface area contributed by atoms with Gasteiger partial charge < -0.3 is 19.1 Å². The van der Waals surface area contributed by atoms with Gasteiger partial charge in [0.2, 0.25) is 5.95 Å². The van der Waals surface area contributed by atoms with Crippen LogP contribution in [0.3, 0.4) is 0 Å². The summed E-state index contributed by atoms with van der Waals surface area (Å²) in [7, 11) is 2.13. The van der Waals surface area contributed by atoms with Crippen LogP contribution in [0.4, 0.5) is 10.2 Å². The van der Waals surface area contributed by atoms with E-state index in [2.05, 4.69) is 65.2 Å². The van der Waals surface area contributed by atoms with E-state index in [4.69, 9.17) is 26.3 Å². The van der Waals surface area contributed by atoms with E-state index in [0.29, 0.717) is 42.5 Å². The average Bonchev–Trinajstić information content (AvgIpc) is 3.54. The monoisotopic (exact) mass is 556 g/mol. The van der Waals surface area contributed by atoms with E-state index in [1.54, 1.807) is 6.33 Å². The SMILES string of the molecule is C[C@@H]1Cn2cnc(F)c2CN1c1nc(OC[C@@H]2CCCN2C)nc2cc(-c3cccc4cccc(Cl)c34)ccc12. The fourth-order valence-electron chi connectivity index (χ4n) is 6.12. The lowest BCUT2D eigenvalue weighted by Gasteiger charge is -2.35. The number of halogens is 2. The Morgan fingerprint density at radius 3 is 2.77 bits per heavy atom. The summed E-state index contributed by atoms with van der Waals surface area (Å²) >= 11 is 6.66. The largest absolute Gasteiger partial charge is 0.462 e. The molecule has 204 valence electrons. The Hall–Kier alpha value is -3.75. The number of imidazole rings is 1. The van der Waals surface area contributed by atoms with Crippen LogP contribution in [-0.4, -0.2) is 56.7 Å². The van der Waals surface area contributed by atoms with Crippen LogP contribution < -0.4 is 9.64 Å². The number of aromatic nitrogens is 4. The van der Waals surface area contributed by atoms with Crippen LogP contribution in [0, 0.1) is 5.95 Å². The van der Waals surface area contributed by atoms with Gasteiger partial charge in [-0.05, 0) is 68.1 Å². The highest BCUT2D eigenvalue weighted by Crippen LogP contribution is 2.37. The predicted octanol–water partition coefficient (Wildman–Crippen LogP) is 6.32. The first-order chi connectivity index (χ1) is 19.5. The number of ether oxygens (including phenoxy) is 1. The zero-order chi connectivity index (χ0) is 27.4. The number of fused-ring (bicyclic) bond motifs is 3. The fraction of sp³-hybridized carbons (Fsp3) is 0.323. The molecule has 1 saturated heterocycles. The quantitative estimate of drug-likeness (QED) is 0.252. The highest BCUT2D eigenvalue weighted by molar-refractivity contribution is 6.36. The molecule has 0 spiro atoms. The van der Waals surface area contributed by atoms with Crippen LogP contribution in [0.5, 0.6) is 6.01 Å². The molecular formula is C31H30ClFN6O. The van der Waals surface area contributed by atoms with Gasteiger partial charge >= 0.3 is 6.01 Å². The number of hydrogen-bond donors (Lipinski definition) is 0. The van der Waals surface area contributed by atoms with Gasteiger partial charge in [0, 0.05) is 34.4 Å². The maximum absolute atomic E-state index is 14.5. The van der Waals surface area contributed by atoms with E-state index in [-0.39, 0.29) is 6.04 Å². The Morgan fingerprint density at radius 1 is 1.10 bits per heavy atom. The molecule has 0 radical (unpaired) electrons. The minimum atomic E-state index is -0.439. The zero-order valence-corrected chi connectivity index (χ0v) is 23.3. The molecule has 7 rings (SSSR count). The molecule has 0 unspecified atom stereocenters. The van der Waals surface area contributed by atoms with Crippen LogP contribution >= 0.6 is 11.6 Å². The third-order valence-corrected chi connectivity index (χ3v) is 8.69. The van der Waals surface area contributed by atoms with Crippen LogP contribution in [0.1, 0.15) is 25.5 Å². The predicted molar refractivity (Wildman–Crippen MR) is 156 cm³/mol. The van der Waals surface area contributed by atoms with Gasteiger partial charge in [-0.1, -0.05) is 48.0 Å². The summed E-state index contributed by atoms with van der Waals surface area (Å²) in [6.07, 6.45) is 3.83. The standard InChI is InChI=1S/C31H30ClFN6O/c1-19-15-38-18-34-29(33)27(38)16-39(19)30-24-12-11-21(23-9-3-6-20-7-4-10-25(32)28(20)23)14-26(24)35-31(36-30)40-17-22-8-5-13-37(22)2/h3-4,6-7,9-12,14,18-19,22H,5,8,13,15-17H2,1-2H3/t19-,22+/m1/s1. The van der Waals surface area contributed by atoms with E-state index < -0.39 is 5.95 Å². The highest BCUT2D eigenvalue weighted by Gasteiger charge is 2.29. The van der Waals surface area contributed by atoms with E-state index in [1.165, 1.54) is 0 Å². The van der Waals surface area contributed by atoms with Gasteiger partial charge in [-0.2, -0.15) is 14.4 Å². The second-order valence-electron chi connectivity index (χ2n) is 10.9. The van der Waals surface area contributed by atoms with Crippen molar-refractivity contribution in [3.8, 4) is 17.1 Å². The number of anilines is 1. The number of nitrogens with zero attached hydrogens (tertiary/aromatic N) is 6. The molecule has 1 fully saturated rings. The Morgan fingerprint density at radius 2 is 1.95 bits per heavy atom. The third kappa shape index (κ3) is 4.35. The summed E-state index contributed by atoms with van der Waals surface area (Å²) in [6, 6.07) is 19.1. The van der Waals surface area contributed by atoms with Crippen molar-refractivity contribution in [2.24, 2.45) is 0 Å². The first-order valence-electron chi connectivity index (χ1n) is 13.7. The van der Waals surface area contributed by atoms with Gasteiger partial charge in [0.25, 0.3) is 0 Å². The number of benzene rings is 3. The van der Waals surface area contributed by atoms with Crippen molar-refractivity contribution >= 4 is 39.1 Å². The molecule has 5 aromatic rings. The number of likely N-dealkylation sites (tertiary alicyclic amines) is 1. The van der Waals surface area contributed by atoms with Crippen molar-refractivity contribution in [2.75, 3.05) is 25.1 Å². The molecule has 3 aromatic carbocycles. The average molecular weight is 557 g/mol. The molecule has 7 nitrogen and oxygen atoms in total. The van der Waals surface area contributed by atoms with E-state index in [0.717, 1.165) is 58.0 Å². The summed E-state index contributed by atoms with van der Waals surface area (Å²) in [5.41, 5.74) is 3.38. The van der Waals surface area contributed by atoms with Crippen molar-refractivity contribution in [2.45, 2.75) is 44.9 Å². The van der Waals surface area contributed by atoms with Crippen molar-refractivity contribution in [1.82, 2.24) is 24.4 Å². The molecular weight excluding hydrogens is 527 g/mol. The zero-order valence-electron chi connectivity index (χ0n) is 22.5. The molecule has 2 aliphatic rings. The fourth-order valence-corrected chi connectivity index (χ4v) is 6.40. The molecule has 2 atom stereocenters. The molecule has 2 aliphatic heterocycles. The first kappa shape index (κ1) is 25.2. The van der Waals surface area contributed by atoms with Crippen LogP contribution in [0.2, 0.25) is 5.02 Å². The van der Waals surface area contributed by atoms with Gasteiger partial charge in [0.05, 0.1) is 24.1 Å². The molecule has 9 heteroatoms. The molecule has 0 amide bonds. The van der Waals surface area contributed by atoms with Gasteiger partial charge in [-0.3, -0.25) is 0 Å². The van der Waals surface area contributed by atoms with E-state index in [9.17, 15) is 4.39 Å². The minimum Gasteiger partial charge on any atom is -0.462 e. The molecule has 0 bridgehead atoms. The van der Waals surface area contributed by atoms with E-state index in [1.807, 2.05) is 22.8 Å². The smallest absolute Gasteiger partial charge is 0.319 e. The maximum Gasteiger partial charge on any atom is 0.319 e. The van der Waals surface area contributed by atoms with Crippen molar-refractivity contribution in [3.63, 3.8) is 0 Å². The Labute approximate surface area is 237 Å². The van der Waals surface area contributed by atoms with Crippen LogP contribution in [0.15, 0.2) is 60.9 Å². The maximum atomic E-state index is 14.5. The lowest BCUT2D eigenvalue weighted by Crippen LogP contribution is -2.41. The summed E-state index contributed by atoms with van der Waals surface area (Å²) in [5.74, 6) is 0.299. The number of rotatable bonds is 5. The lowest BCUT2D eigenvalue weighted by molar-refractivity contribution is 0.188. The Kier molecular flexibility index (Phi) is 6.32. The molecule has 0 N–H and O–H groups in total. The molecule has 0 saturated carbocycles. The third-order valence-electron chi connectivity index (χ3n) is 8.38. The summed E-state index contributed by atoms with van der Waals surface area (Å²) in [4.78, 5) is 18.1. The second-order valence-corrected chi connectivity index (χ2v) is 11.3. The van der Waals surface area contributed by atoms with Gasteiger partial charge in [-0.25, -0.2) is 4.98 Å². The Bertz CT molecular complexity index is 1730. The van der Waals surface area contributed by atoms with E-state index >= 15 is 0 Å². The molecule has 2 aromatic heterocycles. The topological polar surface area (TPSA) is 59.3 Å². The van der Waals surface area contributed by atoms with Crippen LogP contribution in [0.25, 0.3) is 32.8 Å². The number of likely N-dealkylation sites (N-methyl/N-ethyl adjacent to an activating group) is 1. The van der Waals surface area contributed by atoms with Crippen molar-refractivity contribution < 1.29 is 9.13 Å². The number of hydrogen-bond acceptors (Lipinski definition) is 6. The van der Waals surface area contributed by atoms with Gasteiger partial charge in [0.15, 0.2) is 0 Å². The van der Waals surface area contributed by atoms with Crippen molar-refractivity contribution in [1.29, 1.82) is 0 Å². The molecule has 40 heavy (non-hydrogen) atoms. The lowest BCUT2D eigenvalue weighted by atomic mass is 9.97. The summed E-state index contributed by atoms with van der Waals surface area (Å²) in [6.45, 7) is 4.70. The minimum absolute atomic E-state index is 0.0737. The van der Waals surface area contributed by atoms with Crippen LogP contribution in [-0.2, 0) is 13.1 Å². The Balaban J connectivity index is 1.35. The summed E-state index contributed by atoms with van der Waals surface area (Å²) in [5, 5.41) is 3.69. The van der Waals surface area contributed by atoms with Crippen molar-refractivity contribution in [3.05, 3.63) is 77.6 Å². The van der Waals surface area contributed by atoms with Gasteiger partial charge in [0.1, 0.15) is 12.4 Å². The highest BCUT2D eigenvalue weighted by atomic mass is 35.5.